The van der Waals surface area contributed by atoms with E-state index >= 15 is 0 Å². The molecule has 1 saturated carbocycles. The van der Waals surface area contributed by atoms with Crippen LogP contribution in [0.5, 0.6) is 0 Å². The summed E-state index contributed by atoms with van der Waals surface area (Å²) in [4.78, 5) is 0. The summed E-state index contributed by atoms with van der Waals surface area (Å²) in [6.45, 7) is 3.46. The Morgan fingerprint density at radius 1 is 1.29 bits per heavy atom. The van der Waals surface area contributed by atoms with Crippen LogP contribution in [0.15, 0.2) is 18.2 Å². The minimum absolute atomic E-state index is 0.0703. The molecule has 1 aromatic carbocycles. The van der Waals surface area contributed by atoms with Crippen LogP contribution >= 0.6 is 0 Å². The van der Waals surface area contributed by atoms with E-state index < -0.39 is 0 Å². The molecular weight excluding hydrogens is 263 g/mol. The van der Waals surface area contributed by atoms with Gasteiger partial charge in [-0.05, 0) is 87.3 Å². The average Bonchev–Trinajstić information content (AvgIpc) is 3.21. The molecule has 2 atom stereocenters. The van der Waals surface area contributed by atoms with E-state index in [0.717, 1.165) is 32.0 Å². The molecule has 2 fully saturated rings. The van der Waals surface area contributed by atoms with Crippen LogP contribution in [-0.4, -0.2) is 25.7 Å². The lowest BCUT2D eigenvalue weighted by atomic mass is 9.79. The third-order valence-electron chi connectivity index (χ3n) is 5.86. The molecule has 0 aromatic heterocycles. The van der Waals surface area contributed by atoms with Crippen LogP contribution in [0.4, 0.5) is 4.39 Å². The number of hydrogen-bond acceptors (Lipinski definition) is 2. The van der Waals surface area contributed by atoms with Gasteiger partial charge in [0, 0.05) is 11.5 Å². The molecule has 3 heteroatoms. The number of rotatable bonds is 3. The summed E-state index contributed by atoms with van der Waals surface area (Å²) < 4.78 is 13.6. The van der Waals surface area contributed by atoms with Gasteiger partial charge in [-0.2, -0.15) is 0 Å². The first kappa shape index (κ1) is 13.7. The highest BCUT2D eigenvalue weighted by atomic mass is 19.1. The van der Waals surface area contributed by atoms with Crippen molar-refractivity contribution in [1.29, 1.82) is 0 Å². The summed E-state index contributed by atoms with van der Waals surface area (Å²) in [6, 6.07) is 6.01. The summed E-state index contributed by atoms with van der Waals surface area (Å²) in [7, 11) is 0. The van der Waals surface area contributed by atoms with Crippen molar-refractivity contribution in [3.05, 3.63) is 35.1 Å². The lowest BCUT2D eigenvalue weighted by molar-refractivity contribution is 0.349. The highest BCUT2D eigenvalue weighted by Crippen LogP contribution is 2.55. The second-order valence-corrected chi connectivity index (χ2v) is 7.17. The molecule has 1 saturated heterocycles. The second-order valence-electron chi connectivity index (χ2n) is 7.17. The third-order valence-corrected chi connectivity index (χ3v) is 5.86. The molecule has 2 nitrogen and oxygen atoms in total. The van der Waals surface area contributed by atoms with Crippen molar-refractivity contribution in [3.63, 3.8) is 0 Å². The van der Waals surface area contributed by atoms with Gasteiger partial charge >= 0.3 is 0 Å². The number of piperidine rings is 1. The first-order chi connectivity index (χ1) is 10.3. The topological polar surface area (TPSA) is 24.1 Å². The minimum atomic E-state index is -0.0703. The van der Waals surface area contributed by atoms with E-state index in [9.17, 15) is 4.39 Å². The van der Waals surface area contributed by atoms with Gasteiger partial charge in [-0.25, -0.2) is 4.39 Å². The van der Waals surface area contributed by atoms with E-state index in [2.05, 4.69) is 10.6 Å². The summed E-state index contributed by atoms with van der Waals surface area (Å²) in [5, 5.41) is 7.22. The largest absolute Gasteiger partial charge is 0.317 e. The molecule has 2 aliphatic carbocycles. The van der Waals surface area contributed by atoms with E-state index in [1.54, 1.807) is 12.1 Å². The summed E-state index contributed by atoms with van der Waals surface area (Å²) in [5.74, 6) is 0.749. The maximum Gasteiger partial charge on any atom is 0.123 e. The van der Waals surface area contributed by atoms with Crippen molar-refractivity contribution in [2.24, 2.45) is 5.92 Å². The van der Waals surface area contributed by atoms with Crippen LogP contribution in [0.25, 0.3) is 0 Å². The van der Waals surface area contributed by atoms with Crippen LogP contribution in [0.1, 0.15) is 43.2 Å². The first-order valence-corrected chi connectivity index (χ1v) is 8.51. The molecule has 2 N–H and O–H groups in total. The predicted octanol–water partition coefficient (Wildman–Crippen LogP) is 2.76. The van der Waals surface area contributed by atoms with E-state index in [0.29, 0.717) is 6.04 Å². The van der Waals surface area contributed by atoms with E-state index in [-0.39, 0.29) is 11.2 Å². The van der Waals surface area contributed by atoms with E-state index in [1.807, 2.05) is 6.07 Å². The molecule has 4 rings (SSSR count). The fourth-order valence-electron chi connectivity index (χ4n) is 4.50. The number of fused-ring (bicyclic) bond motifs is 2. The molecule has 21 heavy (non-hydrogen) atoms. The zero-order valence-corrected chi connectivity index (χ0v) is 12.6. The lowest BCUT2D eigenvalue weighted by Gasteiger charge is -2.28. The number of aryl methyl sites for hydroxylation is 1. The third kappa shape index (κ3) is 2.51. The molecule has 2 unspecified atom stereocenters. The Bertz CT molecular complexity index is 524. The van der Waals surface area contributed by atoms with Crippen molar-refractivity contribution in [1.82, 2.24) is 10.6 Å². The summed E-state index contributed by atoms with van der Waals surface area (Å²) in [5.41, 5.74) is 2.94. The number of benzene rings is 1. The van der Waals surface area contributed by atoms with Gasteiger partial charge in [-0.1, -0.05) is 6.07 Å². The first-order valence-electron chi connectivity index (χ1n) is 8.51. The monoisotopic (exact) mass is 288 g/mol. The van der Waals surface area contributed by atoms with E-state index in [1.165, 1.54) is 43.2 Å². The number of hydrogen-bond donors (Lipinski definition) is 2. The molecule has 1 spiro atoms. The molecule has 0 amide bonds. The maximum atomic E-state index is 13.6. The molecule has 1 aromatic rings. The summed E-state index contributed by atoms with van der Waals surface area (Å²) in [6.07, 6.45) is 7.39. The van der Waals surface area contributed by atoms with Gasteiger partial charge in [0.15, 0.2) is 0 Å². The normalized spacial score (nSPS) is 32.1. The zero-order valence-electron chi connectivity index (χ0n) is 12.6. The molecule has 0 radical (unpaired) electrons. The van der Waals surface area contributed by atoms with Crippen LogP contribution in [0, 0.1) is 11.7 Å². The maximum absolute atomic E-state index is 13.6. The van der Waals surface area contributed by atoms with Crippen molar-refractivity contribution < 1.29 is 4.39 Å². The molecule has 3 aliphatic rings. The highest BCUT2D eigenvalue weighted by Gasteiger charge is 2.56. The fraction of sp³-hybridized carbons (Fsp3) is 0.667. The molecule has 1 aliphatic heterocycles. The van der Waals surface area contributed by atoms with Crippen LogP contribution in [0.3, 0.4) is 0 Å². The smallest absolute Gasteiger partial charge is 0.123 e. The number of halogens is 1. The predicted molar refractivity (Wildman–Crippen MR) is 83.0 cm³/mol. The van der Waals surface area contributed by atoms with Gasteiger partial charge in [0.2, 0.25) is 0 Å². The van der Waals surface area contributed by atoms with Gasteiger partial charge in [0.25, 0.3) is 0 Å². The molecule has 0 bridgehead atoms. The fourth-order valence-corrected chi connectivity index (χ4v) is 4.50. The Kier molecular flexibility index (Phi) is 3.50. The Hall–Kier alpha value is -0.930. The average molecular weight is 288 g/mol. The Morgan fingerprint density at radius 3 is 3.00 bits per heavy atom. The van der Waals surface area contributed by atoms with Gasteiger partial charge in [0.1, 0.15) is 5.82 Å². The van der Waals surface area contributed by atoms with Crippen molar-refractivity contribution in [2.45, 2.75) is 50.0 Å². The standard InChI is InChI=1S/C18H25FN2/c19-15-4-3-14-2-1-7-18(16(14)10-15)11-17(18)21-12-13-5-8-20-9-6-13/h3-4,10,13,17,20-21H,1-2,5-9,11-12H2. The van der Waals surface area contributed by atoms with E-state index in [4.69, 9.17) is 0 Å². The summed E-state index contributed by atoms with van der Waals surface area (Å²) >= 11 is 0. The molecular formula is C18H25FN2. The molecule has 1 heterocycles. The van der Waals surface area contributed by atoms with Gasteiger partial charge in [-0.15, -0.1) is 0 Å². The van der Waals surface area contributed by atoms with Crippen LogP contribution < -0.4 is 10.6 Å². The highest BCUT2D eigenvalue weighted by molar-refractivity contribution is 5.44. The molecule has 114 valence electrons. The van der Waals surface area contributed by atoms with Gasteiger partial charge in [0.05, 0.1) is 0 Å². The second kappa shape index (κ2) is 5.36. The Balaban J connectivity index is 1.44. The van der Waals surface area contributed by atoms with Crippen molar-refractivity contribution >= 4 is 0 Å². The quantitative estimate of drug-likeness (QED) is 0.893. The van der Waals surface area contributed by atoms with Crippen molar-refractivity contribution in [2.75, 3.05) is 19.6 Å². The zero-order chi connectivity index (χ0) is 14.3. The SMILES string of the molecule is Fc1ccc2c(c1)C1(CCC2)CC1NCC1CCNCC1. The number of nitrogens with one attached hydrogen (secondary N) is 2. The van der Waals surface area contributed by atoms with Gasteiger partial charge in [-0.3, -0.25) is 0 Å². The van der Waals surface area contributed by atoms with Crippen LogP contribution in [0.2, 0.25) is 0 Å². The Labute approximate surface area is 126 Å². The Morgan fingerprint density at radius 2 is 2.14 bits per heavy atom. The van der Waals surface area contributed by atoms with Crippen LogP contribution in [-0.2, 0) is 11.8 Å². The van der Waals surface area contributed by atoms with Gasteiger partial charge < -0.3 is 10.6 Å². The lowest BCUT2D eigenvalue weighted by Crippen LogP contribution is -2.36. The minimum Gasteiger partial charge on any atom is -0.317 e. The van der Waals surface area contributed by atoms with Crippen molar-refractivity contribution in [3.8, 4) is 0 Å².